The van der Waals surface area contributed by atoms with Crippen LogP contribution in [0, 0.1) is 6.92 Å². The van der Waals surface area contributed by atoms with Crippen molar-refractivity contribution >= 4 is 21.6 Å². The van der Waals surface area contributed by atoms with Crippen LogP contribution in [-0.4, -0.2) is 29.5 Å². The van der Waals surface area contributed by atoms with Gasteiger partial charge < -0.3 is 4.57 Å². The number of aromatic nitrogens is 3. The smallest absolute Gasteiger partial charge is 0.240 e. The predicted molar refractivity (Wildman–Crippen MR) is 96.8 cm³/mol. The largest absolute Gasteiger partial charge is 0.328 e. The fourth-order valence-electron chi connectivity index (χ4n) is 2.47. The Bertz CT molecular complexity index is 971. The highest BCUT2D eigenvalue weighted by molar-refractivity contribution is 7.89. The third-order valence-corrected chi connectivity index (χ3v) is 5.78. The molecule has 8 heteroatoms. The quantitative estimate of drug-likeness (QED) is 0.717. The van der Waals surface area contributed by atoms with E-state index in [-0.39, 0.29) is 11.4 Å². The summed E-state index contributed by atoms with van der Waals surface area (Å²) in [6.45, 7) is 2.35. The zero-order valence-corrected chi connectivity index (χ0v) is 15.1. The molecule has 0 saturated heterocycles. The minimum Gasteiger partial charge on any atom is -0.328 e. The molecule has 3 aromatic rings. The van der Waals surface area contributed by atoms with Crippen molar-refractivity contribution in [3.8, 4) is 11.5 Å². The van der Waals surface area contributed by atoms with Crippen LogP contribution in [0.5, 0.6) is 0 Å². The molecule has 2 heterocycles. The fraction of sp³-hybridized carbons (Fsp3) is 0.176. The van der Waals surface area contributed by atoms with Crippen LogP contribution in [0.1, 0.15) is 5.56 Å². The van der Waals surface area contributed by atoms with Gasteiger partial charge in [0.1, 0.15) is 5.69 Å². The molecule has 0 fully saturated rings. The van der Waals surface area contributed by atoms with Crippen molar-refractivity contribution in [3.63, 3.8) is 0 Å². The van der Waals surface area contributed by atoms with Crippen LogP contribution < -0.4 is 4.72 Å². The molecule has 1 N–H and O–H groups in total. The molecular formula is C17H17ClN4O2S. The summed E-state index contributed by atoms with van der Waals surface area (Å²) in [5, 5.41) is 0.426. The van der Waals surface area contributed by atoms with E-state index in [0.717, 1.165) is 5.69 Å². The number of nitrogens with one attached hydrogen (secondary N) is 1. The molecule has 0 saturated carbocycles. The summed E-state index contributed by atoms with van der Waals surface area (Å²) in [5.74, 6) is 0.693. The number of pyridine rings is 1. The zero-order chi connectivity index (χ0) is 17.9. The average Bonchev–Trinajstić information content (AvgIpc) is 3.06. The highest BCUT2D eigenvalue weighted by Crippen LogP contribution is 2.22. The number of benzene rings is 1. The monoisotopic (exact) mass is 376 g/mol. The van der Waals surface area contributed by atoms with E-state index in [1.54, 1.807) is 43.7 Å². The molecule has 0 aliphatic carbocycles. The second-order valence-corrected chi connectivity index (χ2v) is 7.56. The summed E-state index contributed by atoms with van der Waals surface area (Å²) in [5.41, 5.74) is 1.27. The van der Waals surface area contributed by atoms with Gasteiger partial charge >= 0.3 is 0 Å². The van der Waals surface area contributed by atoms with Crippen molar-refractivity contribution in [2.24, 2.45) is 0 Å². The maximum atomic E-state index is 12.5. The van der Waals surface area contributed by atoms with Gasteiger partial charge in [0.05, 0.1) is 4.90 Å². The molecule has 0 bridgehead atoms. The van der Waals surface area contributed by atoms with Crippen LogP contribution >= 0.6 is 11.6 Å². The van der Waals surface area contributed by atoms with Gasteiger partial charge in [0.2, 0.25) is 10.0 Å². The van der Waals surface area contributed by atoms with Crippen molar-refractivity contribution < 1.29 is 8.42 Å². The van der Waals surface area contributed by atoms with Gasteiger partial charge in [-0.3, -0.25) is 4.98 Å². The first kappa shape index (κ1) is 17.6. The molecule has 0 radical (unpaired) electrons. The Morgan fingerprint density at radius 2 is 1.96 bits per heavy atom. The highest BCUT2D eigenvalue weighted by atomic mass is 35.5. The molecule has 3 rings (SSSR count). The first-order valence-corrected chi connectivity index (χ1v) is 9.52. The van der Waals surface area contributed by atoms with Gasteiger partial charge in [-0.2, -0.15) is 0 Å². The first-order valence-electron chi connectivity index (χ1n) is 7.66. The van der Waals surface area contributed by atoms with Gasteiger partial charge in [0.15, 0.2) is 5.82 Å². The molecule has 0 amide bonds. The number of hydrogen-bond donors (Lipinski definition) is 1. The van der Waals surface area contributed by atoms with Gasteiger partial charge in [0.25, 0.3) is 0 Å². The van der Waals surface area contributed by atoms with E-state index in [1.807, 2.05) is 22.8 Å². The minimum atomic E-state index is -3.63. The number of rotatable bonds is 6. The van der Waals surface area contributed by atoms with Crippen molar-refractivity contribution in [1.29, 1.82) is 0 Å². The Balaban J connectivity index is 1.72. The number of nitrogens with zero attached hydrogens (tertiary/aromatic N) is 3. The minimum absolute atomic E-state index is 0.190. The highest BCUT2D eigenvalue weighted by Gasteiger charge is 2.17. The Morgan fingerprint density at radius 3 is 2.72 bits per heavy atom. The standard InChI is InChI=1S/C17H17ClN4O2S/c1-13-14(18)5-4-7-16(13)25(23,24)21-10-12-22-11-9-20-17(22)15-6-2-3-8-19-15/h2-9,11,21H,10,12H2,1H3. The number of imidazole rings is 1. The normalized spacial score (nSPS) is 11.6. The van der Waals surface area contributed by atoms with Gasteiger partial charge in [-0.05, 0) is 36.8 Å². The molecule has 6 nitrogen and oxygen atoms in total. The third-order valence-electron chi connectivity index (χ3n) is 3.76. The predicted octanol–water partition coefficient (Wildman–Crippen LogP) is 2.89. The fourth-order valence-corrected chi connectivity index (χ4v) is 3.99. The molecule has 25 heavy (non-hydrogen) atoms. The average molecular weight is 377 g/mol. The summed E-state index contributed by atoms with van der Waals surface area (Å²) < 4.78 is 29.4. The molecule has 0 unspecified atom stereocenters. The van der Waals surface area contributed by atoms with Gasteiger partial charge in [-0.25, -0.2) is 18.1 Å². The van der Waals surface area contributed by atoms with Crippen LogP contribution in [0.4, 0.5) is 0 Å². The molecule has 1 aromatic carbocycles. The SMILES string of the molecule is Cc1c(Cl)cccc1S(=O)(=O)NCCn1ccnc1-c1ccccn1. The van der Waals surface area contributed by atoms with E-state index in [2.05, 4.69) is 14.7 Å². The lowest BCUT2D eigenvalue weighted by Gasteiger charge is -2.11. The summed E-state index contributed by atoms with van der Waals surface area (Å²) >= 11 is 6.01. The maximum Gasteiger partial charge on any atom is 0.240 e. The Kier molecular flexibility index (Phi) is 5.17. The molecule has 2 aromatic heterocycles. The lowest BCUT2D eigenvalue weighted by atomic mass is 10.2. The molecule has 130 valence electrons. The molecule has 0 atom stereocenters. The van der Waals surface area contributed by atoms with E-state index in [4.69, 9.17) is 11.6 Å². The second kappa shape index (κ2) is 7.35. The van der Waals surface area contributed by atoms with Crippen LogP contribution in [0.2, 0.25) is 5.02 Å². The maximum absolute atomic E-state index is 12.5. The summed E-state index contributed by atoms with van der Waals surface area (Å²) in [6.07, 6.45) is 5.15. The van der Waals surface area contributed by atoms with E-state index in [9.17, 15) is 8.42 Å². The van der Waals surface area contributed by atoms with Crippen LogP contribution in [0.3, 0.4) is 0 Å². The number of sulfonamides is 1. The van der Waals surface area contributed by atoms with E-state index in [0.29, 0.717) is 23.0 Å². The lowest BCUT2D eigenvalue weighted by molar-refractivity contribution is 0.572. The van der Waals surface area contributed by atoms with Crippen LogP contribution in [0.15, 0.2) is 59.9 Å². The Morgan fingerprint density at radius 1 is 1.12 bits per heavy atom. The van der Waals surface area contributed by atoms with Gasteiger partial charge in [0, 0.05) is 36.7 Å². The molecule has 0 aliphatic heterocycles. The van der Waals surface area contributed by atoms with Crippen molar-refractivity contribution in [2.45, 2.75) is 18.4 Å². The van der Waals surface area contributed by atoms with Gasteiger partial charge in [-0.15, -0.1) is 0 Å². The van der Waals surface area contributed by atoms with Crippen molar-refractivity contribution in [2.75, 3.05) is 6.54 Å². The third kappa shape index (κ3) is 3.89. The van der Waals surface area contributed by atoms with E-state index in [1.165, 1.54) is 0 Å². The number of hydrogen-bond acceptors (Lipinski definition) is 4. The summed E-state index contributed by atoms with van der Waals surface area (Å²) in [4.78, 5) is 8.75. The Labute approximate surface area is 151 Å². The summed E-state index contributed by atoms with van der Waals surface area (Å²) in [6, 6.07) is 10.4. The van der Waals surface area contributed by atoms with Crippen LogP contribution in [-0.2, 0) is 16.6 Å². The topological polar surface area (TPSA) is 76.9 Å². The van der Waals surface area contributed by atoms with Crippen molar-refractivity contribution in [1.82, 2.24) is 19.3 Å². The molecule has 0 aliphatic rings. The molecular weight excluding hydrogens is 360 g/mol. The van der Waals surface area contributed by atoms with Gasteiger partial charge in [-0.1, -0.05) is 23.7 Å². The molecule has 0 spiro atoms. The summed E-state index contributed by atoms with van der Waals surface area (Å²) in [7, 11) is -3.63. The van der Waals surface area contributed by atoms with Crippen LogP contribution in [0.25, 0.3) is 11.5 Å². The number of halogens is 1. The lowest BCUT2D eigenvalue weighted by Crippen LogP contribution is -2.28. The zero-order valence-electron chi connectivity index (χ0n) is 13.6. The second-order valence-electron chi connectivity index (χ2n) is 5.42. The van der Waals surface area contributed by atoms with E-state index < -0.39 is 10.0 Å². The van der Waals surface area contributed by atoms with E-state index >= 15 is 0 Å². The first-order chi connectivity index (χ1) is 12.0. The Hall–Kier alpha value is -2.22. The van der Waals surface area contributed by atoms with Crippen molar-refractivity contribution in [3.05, 3.63) is 65.6 Å².